The lowest BCUT2D eigenvalue weighted by molar-refractivity contribution is -0.145. The van der Waals surface area contributed by atoms with Gasteiger partial charge in [-0.05, 0) is 110 Å². The number of aliphatic hydroxyl groups excluding tert-OH is 1. The summed E-state index contributed by atoms with van der Waals surface area (Å²) in [6.45, 7) is 15.0. The van der Waals surface area contributed by atoms with E-state index in [1.54, 1.807) is 0 Å². The minimum atomic E-state index is -0.0268. The third-order valence-corrected chi connectivity index (χ3v) is 11.6. The zero-order valence-corrected chi connectivity index (χ0v) is 21.1. The second-order valence-electron chi connectivity index (χ2n) is 13.4. The molecule has 4 rings (SSSR count). The van der Waals surface area contributed by atoms with Crippen molar-refractivity contribution in [3.05, 3.63) is 0 Å². The predicted molar refractivity (Wildman–Crippen MR) is 128 cm³/mol. The molecule has 2 unspecified atom stereocenters. The quantitative estimate of drug-likeness (QED) is 0.463. The standard InChI is InChI=1S/C29H52O/c1-7-21-18-29(6)22(17-27(21)30)11-12-23-25-14-13-24(20(4)10-8-9-19(2)3)28(25,5)16-15-26(23)29/h19-27,30H,7-18H2,1-6H3/t20?,21-,22?,23+,24-,25+,26+,27-,28-,29+/m1/s1. The Morgan fingerprint density at radius 2 is 1.63 bits per heavy atom. The van der Waals surface area contributed by atoms with Crippen LogP contribution in [0, 0.1) is 58.2 Å². The van der Waals surface area contributed by atoms with E-state index in [1.165, 1.54) is 64.2 Å². The summed E-state index contributed by atoms with van der Waals surface area (Å²) in [4.78, 5) is 0. The van der Waals surface area contributed by atoms with Crippen molar-refractivity contribution >= 4 is 0 Å². The molecule has 0 saturated heterocycles. The predicted octanol–water partition coefficient (Wildman–Crippen LogP) is 8.10. The zero-order chi connectivity index (χ0) is 21.7. The molecule has 10 atom stereocenters. The maximum absolute atomic E-state index is 10.7. The number of fused-ring (bicyclic) bond motifs is 5. The van der Waals surface area contributed by atoms with Crippen molar-refractivity contribution in [3.63, 3.8) is 0 Å². The first kappa shape index (κ1) is 23.1. The molecule has 4 aliphatic carbocycles. The van der Waals surface area contributed by atoms with Gasteiger partial charge in [-0.15, -0.1) is 0 Å². The largest absolute Gasteiger partial charge is 0.393 e. The van der Waals surface area contributed by atoms with E-state index in [9.17, 15) is 5.11 Å². The fourth-order valence-corrected chi connectivity index (χ4v) is 9.87. The van der Waals surface area contributed by atoms with Crippen LogP contribution < -0.4 is 0 Å². The summed E-state index contributed by atoms with van der Waals surface area (Å²) in [6.07, 6.45) is 16.7. The van der Waals surface area contributed by atoms with E-state index in [2.05, 4.69) is 41.5 Å². The molecular formula is C29H52O. The average molecular weight is 417 g/mol. The topological polar surface area (TPSA) is 20.2 Å². The van der Waals surface area contributed by atoms with Gasteiger partial charge < -0.3 is 5.11 Å². The highest BCUT2D eigenvalue weighted by atomic mass is 16.3. The van der Waals surface area contributed by atoms with Gasteiger partial charge in [-0.2, -0.15) is 0 Å². The molecule has 0 aromatic heterocycles. The van der Waals surface area contributed by atoms with Crippen LogP contribution in [0.1, 0.15) is 119 Å². The minimum Gasteiger partial charge on any atom is -0.393 e. The summed E-state index contributed by atoms with van der Waals surface area (Å²) in [5.74, 6) is 6.98. The first-order valence-corrected chi connectivity index (χ1v) is 13.9. The van der Waals surface area contributed by atoms with E-state index in [0.29, 0.717) is 16.7 Å². The summed E-state index contributed by atoms with van der Waals surface area (Å²) in [5.41, 5.74) is 1.12. The van der Waals surface area contributed by atoms with Crippen LogP contribution in [-0.2, 0) is 0 Å². The molecule has 0 heterocycles. The summed E-state index contributed by atoms with van der Waals surface area (Å²) in [7, 11) is 0. The molecule has 0 radical (unpaired) electrons. The summed E-state index contributed by atoms with van der Waals surface area (Å²) in [5, 5.41) is 10.7. The van der Waals surface area contributed by atoms with Crippen molar-refractivity contribution in [2.45, 2.75) is 125 Å². The number of hydrogen-bond donors (Lipinski definition) is 1. The Balaban J connectivity index is 1.48. The Labute approximate surface area is 188 Å². The first-order chi connectivity index (χ1) is 14.2. The third kappa shape index (κ3) is 3.82. The second kappa shape index (κ2) is 8.72. The van der Waals surface area contributed by atoms with Crippen LogP contribution >= 0.6 is 0 Å². The SMILES string of the molecule is CC[C@@H]1C[C@@]2(C)C(CC[C@H]3[C@@H]4CC[C@H](C(C)CCCC(C)C)[C@@]4(C)CC[C@@H]32)C[C@H]1O. The van der Waals surface area contributed by atoms with E-state index in [0.717, 1.165) is 54.3 Å². The van der Waals surface area contributed by atoms with Crippen molar-refractivity contribution in [1.29, 1.82) is 0 Å². The Kier molecular flexibility index (Phi) is 6.72. The molecule has 0 amide bonds. The molecular weight excluding hydrogens is 364 g/mol. The molecule has 0 aliphatic heterocycles. The lowest BCUT2D eigenvalue weighted by Crippen LogP contribution is -2.55. The number of aliphatic hydroxyl groups is 1. The molecule has 0 aromatic carbocycles. The Morgan fingerprint density at radius 3 is 2.33 bits per heavy atom. The molecule has 174 valence electrons. The van der Waals surface area contributed by atoms with Crippen LogP contribution in [-0.4, -0.2) is 11.2 Å². The third-order valence-electron chi connectivity index (χ3n) is 11.6. The van der Waals surface area contributed by atoms with Crippen LogP contribution in [0.5, 0.6) is 0 Å². The number of rotatable bonds is 6. The lowest BCUT2D eigenvalue weighted by atomic mass is 9.43. The fraction of sp³-hybridized carbons (Fsp3) is 1.00. The molecule has 4 saturated carbocycles. The molecule has 1 nitrogen and oxygen atoms in total. The van der Waals surface area contributed by atoms with Gasteiger partial charge in [0.15, 0.2) is 0 Å². The summed E-state index contributed by atoms with van der Waals surface area (Å²) >= 11 is 0. The van der Waals surface area contributed by atoms with E-state index in [1.807, 2.05) is 0 Å². The van der Waals surface area contributed by atoms with E-state index < -0.39 is 0 Å². The maximum Gasteiger partial charge on any atom is 0.0571 e. The molecule has 0 aromatic rings. The van der Waals surface area contributed by atoms with Crippen LogP contribution in [0.2, 0.25) is 0 Å². The average Bonchev–Trinajstić information content (AvgIpc) is 3.05. The van der Waals surface area contributed by atoms with Crippen molar-refractivity contribution < 1.29 is 5.11 Å². The fourth-order valence-electron chi connectivity index (χ4n) is 9.87. The van der Waals surface area contributed by atoms with Gasteiger partial charge in [-0.25, -0.2) is 0 Å². The summed E-state index contributed by atoms with van der Waals surface area (Å²) in [6, 6.07) is 0. The van der Waals surface area contributed by atoms with Gasteiger partial charge in [0.1, 0.15) is 0 Å². The Hall–Kier alpha value is -0.0400. The van der Waals surface area contributed by atoms with Gasteiger partial charge in [0.2, 0.25) is 0 Å². The Bertz CT molecular complexity index is 583. The lowest BCUT2D eigenvalue weighted by Gasteiger charge is -2.62. The molecule has 30 heavy (non-hydrogen) atoms. The van der Waals surface area contributed by atoms with Gasteiger partial charge in [0, 0.05) is 0 Å². The first-order valence-electron chi connectivity index (χ1n) is 13.9. The molecule has 4 fully saturated rings. The minimum absolute atomic E-state index is 0.0268. The molecule has 0 bridgehead atoms. The van der Waals surface area contributed by atoms with Gasteiger partial charge in [-0.3, -0.25) is 0 Å². The van der Waals surface area contributed by atoms with Gasteiger partial charge in [0.05, 0.1) is 6.10 Å². The van der Waals surface area contributed by atoms with Crippen LogP contribution in [0.3, 0.4) is 0 Å². The zero-order valence-electron chi connectivity index (χ0n) is 21.1. The van der Waals surface area contributed by atoms with Crippen molar-refractivity contribution in [2.24, 2.45) is 58.2 Å². The Morgan fingerprint density at radius 1 is 0.900 bits per heavy atom. The van der Waals surface area contributed by atoms with Crippen LogP contribution in [0.25, 0.3) is 0 Å². The highest BCUT2D eigenvalue weighted by molar-refractivity contribution is 5.10. The molecule has 4 aliphatic rings. The smallest absolute Gasteiger partial charge is 0.0571 e. The normalized spacial score (nSPS) is 49.4. The second-order valence-corrected chi connectivity index (χ2v) is 13.4. The van der Waals surface area contributed by atoms with E-state index in [-0.39, 0.29) is 6.10 Å². The number of hydrogen-bond acceptors (Lipinski definition) is 1. The molecule has 0 spiro atoms. The van der Waals surface area contributed by atoms with Crippen molar-refractivity contribution in [3.8, 4) is 0 Å². The van der Waals surface area contributed by atoms with Gasteiger partial charge in [0.25, 0.3) is 0 Å². The van der Waals surface area contributed by atoms with Crippen LogP contribution in [0.4, 0.5) is 0 Å². The summed E-state index contributed by atoms with van der Waals surface area (Å²) < 4.78 is 0. The maximum atomic E-state index is 10.7. The van der Waals surface area contributed by atoms with E-state index >= 15 is 0 Å². The van der Waals surface area contributed by atoms with Crippen molar-refractivity contribution in [1.82, 2.24) is 0 Å². The highest BCUT2D eigenvalue weighted by Crippen LogP contribution is 2.68. The van der Waals surface area contributed by atoms with Gasteiger partial charge in [-0.1, -0.05) is 67.2 Å². The molecule has 1 heteroatoms. The van der Waals surface area contributed by atoms with Crippen molar-refractivity contribution in [2.75, 3.05) is 0 Å². The molecule has 1 N–H and O–H groups in total. The monoisotopic (exact) mass is 416 g/mol. The van der Waals surface area contributed by atoms with E-state index in [4.69, 9.17) is 0 Å². The highest BCUT2D eigenvalue weighted by Gasteiger charge is 2.61. The van der Waals surface area contributed by atoms with Gasteiger partial charge >= 0.3 is 0 Å². The van der Waals surface area contributed by atoms with Crippen LogP contribution in [0.15, 0.2) is 0 Å².